The van der Waals surface area contributed by atoms with E-state index in [0.29, 0.717) is 11.7 Å². The van der Waals surface area contributed by atoms with Gasteiger partial charge in [-0.05, 0) is 24.3 Å². The number of rotatable bonds is 2. The molecule has 1 heterocycles. The zero-order chi connectivity index (χ0) is 9.97. The van der Waals surface area contributed by atoms with E-state index < -0.39 is 11.6 Å². The minimum atomic E-state index is -0.529. The van der Waals surface area contributed by atoms with Crippen molar-refractivity contribution in [2.45, 2.75) is 12.5 Å². The van der Waals surface area contributed by atoms with E-state index >= 15 is 0 Å². The molecule has 0 radical (unpaired) electrons. The molecule has 2 rings (SSSR count). The average Bonchev–Trinajstić information content (AvgIpc) is 2.54. The molecule has 1 aromatic rings. The number of anilines is 1. The summed E-state index contributed by atoms with van der Waals surface area (Å²) in [5, 5.41) is 3.12. The molecule has 14 heavy (non-hydrogen) atoms. The predicted octanol–water partition coefficient (Wildman–Crippen LogP) is 2.88. The van der Waals surface area contributed by atoms with E-state index in [0.717, 1.165) is 24.0 Å². The zero-order valence-corrected chi connectivity index (χ0v) is 8.41. The first-order valence-corrected chi connectivity index (χ1v) is 5.70. The molecule has 0 saturated carbocycles. The predicted molar refractivity (Wildman–Crippen MR) is 55.7 cm³/mol. The number of hydrogen-bond acceptors (Lipinski definition) is 2. The lowest BCUT2D eigenvalue weighted by molar-refractivity contribution is 0.583. The summed E-state index contributed by atoms with van der Waals surface area (Å²) in [6.07, 6.45) is 1.06. The molecule has 1 aromatic carbocycles. The molecule has 1 nitrogen and oxygen atoms in total. The Labute approximate surface area is 85.9 Å². The fraction of sp³-hybridized carbons (Fsp3) is 0.400. The van der Waals surface area contributed by atoms with Crippen molar-refractivity contribution < 1.29 is 8.78 Å². The van der Waals surface area contributed by atoms with Gasteiger partial charge in [-0.25, -0.2) is 8.78 Å². The van der Waals surface area contributed by atoms with Crippen LogP contribution in [-0.4, -0.2) is 17.5 Å². The van der Waals surface area contributed by atoms with Crippen LogP contribution in [0.25, 0.3) is 0 Å². The molecule has 76 valence electrons. The summed E-state index contributed by atoms with van der Waals surface area (Å²) in [5.74, 6) is 1.07. The van der Waals surface area contributed by atoms with Crippen molar-refractivity contribution in [1.82, 2.24) is 0 Å². The van der Waals surface area contributed by atoms with Gasteiger partial charge in [0.1, 0.15) is 11.6 Å². The van der Waals surface area contributed by atoms with Crippen LogP contribution in [0.2, 0.25) is 0 Å². The van der Waals surface area contributed by atoms with Crippen molar-refractivity contribution in [1.29, 1.82) is 0 Å². The van der Waals surface area contributed by atoms with Crippen LogP contribution in [-0.2, 0) is 0 Å². The highest BCUT2D eigenvalue weighted by Crippen LogP contribution is 2.22. The Morgan fingerprint density at radius 2 is 1.93 bits per heavy atom. The van der Waals surface area contributed by atoms with E-state index in [1.807, 2.05) is 11.8 Å². The van der Waals surface area contributed by atoms with Gasteiger partial charge in [-0.1, -0.05) is 0 Å². The third kappa shape index (κ3) is 2.38. The Balaban J connectivity index is 2.07. The second kappa shape index (κ2) is 4.17. The van der Waals surface area contributed by atoms with E-state index in [1.165, 1.54) is 12.1 Å². The van der Waals surface area contributed by atoms with Crippen LogP contribution >= 0.6 is 11.8 Å². The second-order valence-corrected chi connectivity index (χ2v) is 4.51. The van der Waals surface area contributed by atoms with Crippen molar-refractivity contribution in [3.8, 4) is 0 Å². The third-order valence-electron chi connectivity index (χ3n) is 2.16. The Morgan fingerprint density at radius 3 is 2.50 bits per heavy atom. The first-order chi connectivity index (χ1) is 6.74. The van der Waals surface area contributed by atoms with E-state index in [2.05, 4.69) is 5.32 Å². The van der Waals surface area contributed by atoms with Crippen LogP contribution in [0, 0.1) is 11.6 Å². The minimum absolute atomic E-state index is 0.348. The first kappa shape index (κ1) is 9.77. The maximum absolute atomic E-state index is 12.8. The summed E-state index contributed by atoms with van der Waals surface area (Å²) in [4.78, 5) is 0. The molecule has 4 heteroatoms. The van der Waals surface area contributed by atoms with Gasteiger partial charge in [-0.3, -0.25) is 0 Å². The molecular formula is C10H11F2NS. The van der Waals surface area contributed by atoms with Gasteiger partial charge in [-0.15, -0.1) is 0 Å². The standard InChI is InChI=1S/C10H11F2NS/c11-7-3-8(12)5-10(4-7)13-9-1-2-14-6-9/h3-5,9,13H,1-2,6H2/t9-/m1/s1. The lowest BCUT2D eigenvalue weighted by Gasteiger charge is -2.12. The first-order valence-electron chi connectivity index (χ1n) is 4.54. The zero-order valence-electron chi connectivity index (χ0n) is 7.59. The van der Waals surface area contributed by atoms with Crippen LogP contribution in [0.3, 0.4) is 0 Å². The molecule has 0 unspecified atom stereocenters. The molecular weight excluding hydrogens is 204 g/mol. The van der Waals surface area contributed by atoms with Crippen molar-refractivity contribution in [3.05, 3.63) is 29.8 Å². The van der Waals surface area contributed by atoms with Gasteiger partial charge in [0.25, 0.3) is 0 Å². The minimum Gasteiger partial charge on any atom is -0.381 e. The Bertz CT molecular complexity index is 304. The molecule has 0 amide bonds. The van der Waals surface area contributed by atoms with E-state index in [1.54, 1.807) is 0 Å². The van der Waals surface area contributed by atoms with E-state index in [9.17, 15) is 8.78 Å². The second-order valence-electron chi connectivity index (χ2n) is 3.36. The lowest BCUT2D eigenvalue weighted by Crippen LogP contribution is -2.18. The van der Waals surface area contributed by atoms with E-state index in [-0.39, 0.29) is 0 Å². The molecule has 1 atom stereocenters. The highest BCUT2D eigenvalue weighted by Gasteiger charge is 2.15. The lowest BCUT2D eigenvalue weighted by atomic mass is 10.2. The van der Waals surface area contributed by atoms with Gasteiger partial charge in [0.15, 0.2) is 0 Å². The number of nitrogens with one attached hydrogen (secondary N) is 1. The maximum Gasteiger partial charge on any atom is 0.128 e. The summed E-state index contributed by atoms with van der Waals surface area (Å²) in [6, 6.07) is 3.88. The summed E-state index contributed by atoms with van der Waals surface area (Å²) in [7, 11) is 0. The van der Waals surface area contributed by atoms with Crippen LogP contribution in [0.5, 0.6) is 0 Å². The molecule has 0 spiro atoms. The molecule has 0 bridgehead atoms. The van der Waals surface area contributed by atoms with Crippen molar-refractivity contribution in [3.63, 3.8) is 0 Å². The fourth-order valence-electron chi connectivity index (χ4n) is 1.52. The Morgan fingerprint density at radius 1 is 1.21 bits per heavy atom. The smallest absolute Gasteiger partial charge is 0.128 e. The van der Waals surface area contributed by atoms with Crippen LogP contribution in [0.1, 0.15) is 6.42 Å². The van der Waals surface area contributed by atoms with Crippen molar-refractivity contribution in [2.24, 2.45) is 0 Å². The Hall–Kier alpha value is -0.770. The molecule has 1 aliphatic rings. The summed E-state index contributed by atoms with van der Waals surface area (Å²) in [5.41, 5.74) is 0.537. The number of thioether (sulfide) groups is 1. The summed E-state index contributed by atoms with van der Waals surface area (Å²) >= 11 is 1.86. The average molecular weight is 215 g/mol. The highest BCUT2D eigenvalue weighted by molar-refractivity contribution is 7.99. The topological polar surface area (TPSA) is 12.0 Å². The van der Waals surface area contributed by atoms with Gasteiger partial charge >= 0.3 is 0 Å². The monoisotopic (exact) mass is 215 g/mol. The number of benzene rings is 1. The largest absolute Gasteiger partial charge is 0.381 e. The summed E-state index contributed by atoms with van der Waals surface area (Å²) in [6.45, 7) is 0. The molecule has 0 aromatic heterocycles. The maximum atomic E-state index is 12.8. The fourth-order valence-corrected chi connectivity index (χ4v) is 2.67. The van der Waals surface area contributed by atoms with E-state index in [4.69, 9.17) is 0 Å². The SMILES string of the molecule is Fc1cc(F)cc(N[C@@H]2CCSC2)c1. The number of hydrogen-bond donors (Lipinski definition) is 1. The Kier molecular flexibility index (Phi) is 2.91. The van der Waals surface area contributed by atoms with Crippen molar-refractivity contribution >= 4 is 17.4 Å². The highest BCUT2D eigenvalue weighted by atomic mass is 32.2. The van der Waals surface area contributed by atoms with Gasteiger partial charge in [-0.2, -0.15) is 11.8 Å². The van der Waals surface area contributed by atoms with Crippen LogP contribution in [0.15, 0.2) is 18.2 Å². The molecule has 0 aliphatic carbocycles. The third-order valence-corrected chi connectivity index (χ3v) is 3.33. The molecule has 1 aliphatic heterocycles. The molecule has 1 fully saturated rings. The summed E-state index contributed by atoms with van der Waals surface area (Å²) < 4.78 is 25.6. The number of halogens is 2. The van der Waals surface area contributed by atoms with Gasteiger partial charge in [0.2, 0.25) is 0 Å². The molecule has 1 N–H and O–H groups in total. The van der Waals surface area contributed by atoms with Gasteiger partial charge in [0.05, 0.1) is 0 Å². The van der Waals surface area contributed by atoms with Crippen molar-refractivity contribution in [2.75, 3.05) is 16.8 Å². The quantitative estimate of drug-likeness (QED) is 0.814. The van der Waals surface area contributed by atoms with Gasteiger partial charge in [0, 0.05) is 23.5 Å². The van der Waals surface area contributed by atoms with Crippen LogP contribution in [0.4, 0.5) is 14.5 Å². The van der Waals surface area contributed by atoms with Gasteiger partial charge < -0.3 is 5.32 Å². The molecule has 1 saturated heterocycles. The van der Waals surface area contributed by atoms with Crippen LogP contribution < -0.4 is 5.32 Å². The normalized spacial score (nSPS) is 21.1.